The third-order valence-corrected chi connectivity index (χ3v) is 2.11. The molecule has 0 atom stereocenters. The summed E-state index contributed by atoms with van der Waals surface area (Å²) in [7, 11) is 0. The average molecular weight is 175 g/mol. The zero-order valence-electron chi connectivity index (χ0n) is 8.28. The molecule has 1 aliphatic carbocycles. The maximum Gasteiger partial charge on any atom is -0.0311 e. The van der Waals surface area contributed by atoms with Crippen LogP contribution in [0.3, 0.4) is 0 Å². The average Bonchev–Trinajstić information content (AvgIpc) is 2.18. The van der Waals surface area contributed by atoms with Gasteiger partial charge in [0.15, 0.2) is 0 Å². The molecule has 0 saturated heterocycles. The first-order chi connectivity index (χ1) is 6.50. The molecule has 0 spiro atoms. The molecule has 0 saturated carbocycles. The minimum Gasteiger partial charge on any atom is -0.0882 e. The molecule has 0 aliphatic heterocycles. The Kier molecular flexibility index (Phi) is 6.22. The Balaban J connectivity index is 2.27. The van der Waals surface area contributed by atoms with Crippen LogP contribution in [0.5, 0.6) is 0 Å². The lowest BCUT2D eigenvalue weighted by Crippen LogP contribution is -1.71. The number of hydrogen-bond acceptors (Lipinski definition) is 0. The van der Waals surface area contributed by atoms with Gasteiger partial charge in [0.2, 0.25) is 0 Å². The van der Waals surface area contributed by atoms with Gasteiger partial charge in [-0.05, 0) is 44.9 Å². The SMILES string of the molecule is [CH]1CC=CCCC=CCCC=CC1. The van der Waals surface area contributed by atoms with E-state index in [1.54, 1.807) is 0 Å². The summed E-state index contributed by atoms with van der Waals surface area (Å²) < 4.78 is 0. The van der Waals surface area contributed by atoms with E-state index in [1.165, 1.54) is 25.7 Å². The molecule has 0 nitrogen and oxygen atoms in total. The molecule has 0 N–H and O–H groups in total. The smallest absolute Gasteiger partial charge is 0.0311 e. The summed E-state index contributed by atoms with van der Waals surface area (Å²) in [6, 6.07) is 0. The highest BCUT2D eigenvalue weighted by molar-refractivity contribution is 4.96. The molecule has 1 rings (SSSR count). The van der Waals surface area contributed by atoms with Gasteiger partial charge in [-0.15, -0.1) is 0 Å². The number of rotatable bonds is 0. The third-order valence-electron chi connectivity index (χ3n) is 2.11. The van der Waals surface area contributed by atoms with Gasteiger partial charge in [0.25, 0.3) is 0 Å². The van der Waals surface area contributed by atoms with Crippen molar-refractivity contribution in [3.63, 3.8) is 0 Å². The molecule has 0 aromatic rings. The molecule has 0 aromatic heterocycles. The van der Waals surface area contributed by atoms with E-state index in [-0.39, 0.29) is 0 Å². The van der Waals surface area contributed by atoms with Crippen LogP contribution >= 0.6 is 0 Å². The molecular formula is C13H19. The van der Waals surface area contributed by atoms with Gasteiger partial charge < -0.3 is 0 Å². The highest BCUT2D eigenvalue weighted by Gasteiger charge is 1.84. The van der Waals surface area contributed by atoms with E-state index in [9.17, 15) is 0 Å². The van der Waals surface area contributed by atoms with Crippen LogP contribution in [-0.4, -0.2) is 0 Å². The molecular weight excluding hydrogens is 156 g/mol. The molecule has 0 fully saturated rings. The zero-order valence-corrected chi connectivity index (χ0v) is 8.28. The second kappa shape index (κ2) is 7.85. The molecule has 0 heterocycles. The molecule has 13 heavy (non-hydrogen) atoms. The van der Waals surface area contributed by atoms with Gasteiger partial charge in [-0.3, -0.25) is 0 Å². The van der Waals surface area contributed by atoms with E-state index in [0.29, 0.717) is 0 Å². The van der Waals surface area contributed by atoms with E-state index in [1.807, 2.05) is 0 Å². The summed E-state index contributed by atoms with van der Waals surface area (Å²) in [6.07, 6.45) is 23.0. The predicted molar refractivity (Wildman–Crippen MR) is 59.4 cm³/mol. The highest BCUT2D eigenvalue weighted by Crippen LogP contribution is 2.03. The lowest BCUT2D eigenvalue weighted by Gasteiger charge is -1.89. The number of allylic oxidation sites excluding steroid dienone is 6. The van der Waals surface area contributed by atoms with Crippen LogP contribution in [0.1, 0.15) is 38.5 Å². The normalized spacial score (nSPS) is 20.3. The monoisotopic (exact) mass is 175 g/mol. The van der Waals surface area contributed by atoms with Crippen LogP contribution in [0.25, 0.3) is 0 Å². The maximum atomic E-state index is 2.32. The fourth-order valence-corrected chi connectivity index (χ4v) is 1.34. The fraction of sp³-hybridized carbons (Fsp3) is 0.462. The van der Waals surface area contributed by atoms with Crippen LogP contribution in [0.15, 0.2) is 36.5 Å². The summed E-state index contributed by atoms with van der Waals surface area (Å²) in [6.45, 7) is 0. The van der Waals surface area contributed by atoms with E-state index in [4.69, 9.17) is 0 Å². The summed E-state index contributed by atoms with van der Waals surface area (Å²) in [5.41, 5.74) is 0. The zero-order chi connectivity index (χ0) is 9.19. The van der Waals surface area contributed by atoms with Crippen LogP contribution in [0, 0.1) is 6.42 Å². The Labute approximate surface area is 82.0 Å². The summed E-state index contributed by atoms with van der Waals surface area (Å²) in [5, 5.41) is 0. The van der Waals surface area contributed by atoms with Gasteiger partial charge in [0.1, 0.15) is 0 Å². The van der Waals surface area contributed by atoms with Gasteiger partial charge in [-0.2, -0.15) is 0 Å². The van der Waals surface area contributed by atoms with E-state index >= 15 is 0 Å². The first kappa shape index (κ1) is 10.3. The summed E-state index contributed by atoms with van der Waals surface area (Å²) >= 11 is 0. The Morgan fingerprint density at radius 3 is 1.31 bits per heavy atom. The van der Waals surface area contributed by atoms with Crippen molar-refractivity contribution in [3.8, 4) is 0 Å². The van der Waals surface area contributed by atoms with Crippen LogP contribution in [0.2, 0.25) is 0 Å². The van der Waals surface area contributed by atoms with Crippen molar-refractivity contribution in [2.24, 2.45) is 0 Å². The van der Waals surface area contributed by atoms with Crippen LogP contribution in [-0.2, 0) is 0 Å². The Hall–Kier alpha value is -0.780. The third kappa shape index (κ3) is 6.39. The minimum atomic E-state index is 1.12. The quantitative estimate of drug-likeness (QED) is 0.484. The van der Waals surface area contributed by atoms with E-state index in [2.05, 4.69) is 42.9 Å². The first-order valence-electron chi connectivity index (χ1n) is 5.27. The predicted octanol–water partition coefficient (Wildman–Crippen LogP) is 4.21. The van der Waals surface area contributed by atoms with Crippen molar-refractivity contribution < 1.29 is 0 Å². The van der Waals surface area contributed by atoms with Gasteiger partial charge in [-0.1, -0.05) is 36.5 Å². The largest absolute Gasteiger partial charge is 0.0882 e. The van der Waals surface area contributed by atoms with Crippen LogP contribution in [0.4, 0.5) is 0 Å². The van der Waals surface area contributed by atoms with Crippen molar-refractivity contribution in [1.29, 1.82) is 0 Å². The fourth-order valence-electron chi connectivity index (χ4n) is 1.34. The second-order valence-corrected chi connectivity index (χ2v) is 3.33. The highest BCUT2D eigenvalue weighted by atomic mass is 13.9. The molecule has 1 radical (unpaired) electrons. The molecule has 0 bridgehead atoms. The Morgan fingerprint density at radius 1 is 0.462 bits per heavy atom. The number of hydrogen-bond donors (Lipinski definition) is 0. The lowest BCUT2D eigenvalue weighted by atomic mass is 10.2. The maximum absolute atomic E-state index is 2.32. The van der Waals surface area contributed by atoms with E-state index in [0.717, 1.165) is 12.8 Å². The van der Waals surface area contributed by atoms with Crippen molar-refractivity contribution in [1.82, 2.24) is 0 Å². The molecule has 71 valence electrons. The van der Waals surface area contributed by atoms with Gasteiger partial charge >= 0.3 is 0 Å². The van der Waals surface area contributed by atoms with Gasteiger partial charge in [0, 0.05) is 0 Å². The molecule has 0 heteroatoms. The summed E-state index contributed by atoms with van der Waals surface area (Å²) in [5.74, 6) is 0. The van der Waals surface area contributed by atoms with Gasteiger partial charge in [0.05, 0.1) is 0 Å². The minimum absolute atomic E-state index is 1.12. The Morgan fingerprint density at radius 2 is 0.846 bits per heavy atom. The lowest BCUT2D eigenvalue weighted by molar-refractivity contribution is 1.00. The van der Waals surface area contributed by atoms with Crippen LogP contribution < -0.4 is 0 Å². The van der Waals surface area contributed by atoms with Crippen molar-refractivity contribution in [3.05, 3.63) is 42.9 Å². The van der Waals surface area contributed by atoms with Crippen molar-refractivity contribution >= 4 is 0 Å². The van der Waals surface area contributed by atoms with Crippen molar-refractivity contribution in [2.75, 3.05) is 0 Å². The van der Waals surface area contributed by atoms with E-state index < -0.39 is 0 Å². The Bertz CT molecular complexity index is 164. The molecule has 0 amide bonds. The molecule has 0 aromatic carbocycles. The van der Waals surface area contributed by atoms with Gasteiger partial charge in [-0.25, -0.2) is 0 Å². The summed E-state index contributed by atoms with van der Waals surface area (Å²) in [4.78, 5) is 0. The topological polar surface area (TPSA) is 0 Å². The first-order valence-corrected chi connectivity index (χ1v) is 5.27. The molecule has 0 unspecified atom stereocenters. The molecule has 1 aliphatic rings. The standard InChI is InChI=1S/C13H19/c1-2-4-6-8-10-12-13-11-9-7-5-3-1/h1-2,5,8-11H,3-4,6-7,12-13H2. The van der Waals surface area contributed by atoms with Crippen molar-refractivity contribution in [2.45, 2.75) is 38.5 Å². The second-order valence-electron chi connectivity index (χ2n) is 3.33.